The molecule has 0 bridgehead atoms. The van der Waals surface area contributed by atoms with Crippen LogP contribution in [0.4, 0.5) is 10.7 Å². The molecule has 2 N–H and O–H groups in total. The van der Waals surface area contributed by atoms with Crippen molar-refractivity contribution in [1.29, 1.82) is 0 Å². The van der Waals surface area contributed by atoms with E-state index in [9.17, 15) is 13.2 Å². The molecule has 0 aliphatic heterocycles. The van der Waals surface area contributed by atoms with E-state index in [-0.39, 0.29) is 10.8 Å². The smallest absolute Gasteiger partial charge is 0.275 e. The molecule has 0 fully saturated rings. The third kappa shape index (κ3) is 5.28. The second-order valence-electron chi connectivity index (χ2n) is 5.84. The lowest BCUT2D eigenvalue weighted by Crippen LogP contribution is -2.35. The van der Waals surface area contributed by atoms with Gasteiger partial charge in [0.1, 0.15) is 5.01 Å². The summed E-state index contributed by atoms with van der Waals surface area (Å²) in [4.78, 5) is 20.3. The van der Waals surface area contributed by atoms with Crippen molar-refractivity contribution in [3.8, 4) is 10.6 Å². The second kappa shape index (κ2) is 8.84. The van der Waals surface area contributed by atoms with Crippen LogP contribution in [0.15, 0.2) is 39.6 Å². The molecule has 2 heterocycles. The molecule has 0 unspecified atom stereocenters. The maximum Gasteiger partial charge on any atom is 0.335 e. The van der Waals surface area contributed by atoms with E-state index in [0.29, 0.717) is 22.0 Å². The Morgan fingerprint density at radius 3 is 2.52 bits per heavy atom. The van der Waals surface area contributed by atoms with E-state index in [1.54, 1.807) is 38.1 Å². The van der Waals surface area contributed by atoms with E-state index in [2.05, 4.69) is 25.5 Å². The Balaban J connectivity index is 1.84. The summed E-state index contributed by atoms with van der Waals surface area (Å²) in [6.07, 6.45) is 0. The number of carbonyl (C=O) groups is 1. The summed E-state index contributed by atoms with van der Waals surface area (Å²) in [5.74, 6) is 0.852. The quantitative estimate of drug-likeness (QED) is 0.548. The SMILES string of the molecule is CCSc1nnc(-c2ccccc2S(=O)(=O)NC(=O)Nc2nc(C)cc(C)n2)s1. The maximum atomic E-state index is 12.8. The molecule has 12 heteroatoms. The van der Waals surface area contributed by atoms with Gasteiger partial charge >= 0.3 is 6.03 Å². The van der Waals surface area contributed by atoms with Crippen molar-refractivity contribution in [3.05, 3.63) is 41.7 Å². The second-order valence-corrected chi connectivity index (χ2v) is 9.98. The van der Waals surface area contributed by atoms with Crippen LogP contribution in [0, 0.1) is 13.8 Å². The van der Waals surface area contributed by atoms with Gasteiger partial charge in [-0.15, -0.1) is 10.2 Å². The van der Waals surface area contributed by atoms with Gasteiger partial charge in [0.2, 0.25) is 5.95 Å². The minimum atomic E-state index is -4.17. The number of urea groups is 1. The molecule has 3 aromatic rings. The molecule has 0 saturated heterocycles. The molecule has 0 aliphatic carbocycles. The van der Waals surface area contributed by atoms with Crippen LogP contribution < -0.4 is 10.0 Å². The summed E-state index contributed by atoms with van der Waals surface area (Å²) in [6.45, 7) is 5.49. The third-order valence-electron chi connectivity index (χ3n) is 3.52. The van der Waals surface area contributed by atoms with Crippen LogP contribution in [0.2, 0.25) is 0 Å². The first-order valence-corrected chi connectivity index (χ1v) is 11.8. The maximum absolute atomic E-state index is 12.8. The molecule has 2 amide bonds. The molecule has 0 aliphatic rings. The standard InChI is InChI=1S/C17H18N6O3S3/c1-4-27-17-22-21-14(28-17)12-7-5-6-8-13(12)29(25,26)23-16(24)20-15-18-10(2)9-11(3)19-15/h5-9H,4H2,1-3H3,(H2,18,19,20,23,24). The molecular formula is C17H18N6O3S3. The van der Waals surface area contributed by atoms with Crippen molar-refractivity contribution < 1.29 is 13.2 Å². The molecule has 3 rings (SSSR count). The number of anilines is 1. The van der Waals surface area contributed by atoms with Gasteiger partial charge in [0.15, 0.2) is 4.34 Å². The zero-order valence-corrected chi connectivity index (χ0v) is 18.3. The first kappa shape index (κ1) is 21.1. The van der Waals surface area contributed by atoms with Crippen LogP contribution in [0.3, 0.4) is 0 Å². The highest BCUT2D eigenvalue weighted by atomic mass is 32.2. The van der Waals surface area contributed by atoms with E-state index < -0.39 is 16.1 Å². The Kier molecular flexibility index (Phi) is 6.45. The highest BCUT2D eigenvalue weighted by Gasteiger charge is 2.24. The Morgan fingerprint density at radius 2 is 1.83 bits per heavy atom. The summed E-state index contributed by atoms with van der Waals surface area (Å²) in [7, 11) is -4.17. The van der Waals surface area contributed by atoms with E-state index in [1.165, 1.54) is 29.2 Å². The number of carbonyl (C=O) groups excluding carboxylic acids is 1. The van der Waals surface area contributed by atoms with Crippen molar-refractivity contribution in [2.24, 2.45) is 0 Å². The predicted molar refractivity (Wildman–Crippen MR) is 113 cm³/mol. The molecule has 0 radical (unpaired) electrons. The lowest BCUT2D eigenvalue weighted by atomic mass is 10.2. The van der Waals surface area contributed by atoms with Gasteiger partial charge in [-0.1, -0.05) is 48.2 Å². The fourth-order valence-corrected chi connectivity index (χ4v) is 5.43. The average molecular weight is 451 g/mol. The number of aryl methyl sites for hydroxylation is 2. The van der Waals surface area contributed by atoms with Gasteiger partial charge in [-0.05, 0) is 31.7 Å². The summed E-state index contributed by atoms with van der Waals surface area (Å²) in [5, 5.41) is 10.9. The molecule has 1 aromatic carbocycles. The van der Waals surface area contributed by atoms with Crippen molar-refractivity contribution in [3.63, 3.8) is 0 Å². The summed E-state index contributed by atoms with van der Waals surface area (Å²) in [5.41, 5.74) is 1.67. The number of benzene rings is 1. The van der Waals surface area contributed by atoms with Crippen LogP contribution in [-0.2, 0) is 10.0 Å². The molecule has 0 spiro atoms. The van der Waals surface area contributed by atoms with E-state index in [4.69, 9.17) is 0 Å². The topological polar surface area (TPSA) is 127 Å². The van der Waals surface area contributed by atoms with Crippen LogP contribution >= 0.6 is 23.1 Å². The van der Waals surface area contributed by atoms with Gasteiger partial charge in [0, 0.05) is 17.0 Å². The summed E-state index contributed by atoms with van der Waals surface area (Å²) >= 11 is 2.81. The predicted octanol–water partition coefficient (Wildman–Crippen LogP) is 3.23. The normalized spacial score (nSPS) is 11.3. The number of aromatic nitrogens is 4. The Hall–Kier alpha value is -2.57. The Labute approximate surface area is 176 Å². The first-order chi connectivity index (χ1) is 13.8. The van der Waals surface area contributed by atoms with Gasteiger partial charge in [0.05, 0.1) is 4.90 Å². The van der Waals surface area contributed by atoms with E-state index in [0.717, 1.165) is 10.1 Å². The van der Waals surface area contributed by atoms with Crippen molar-refractivity contribution in [2.75, 3.05) is 11.1 Å². The van der Waals surface area contributed by atoms with Gasteiger partial charge < -0.3 is 0 Å². The molecular weight excluding hydrogens is 432 g/mol. The Morgan fingerprint density at radius 1 is 1.14 bits per heavy atom. The van der Waals surface area contributed by atoms with Crippen molar-refractivity contribution in [2.45, 2.75) is 30.0 Å². The fourth-order valence-electron chi connectivity index (χ4n) is 2.46. The molecule has 0 saturated carbocycles. The van der Waals surface area contributed by atoms with Crippen LogP contribution in [0.1, 0.15) is 18.3 Å². The number of nitrogens with zero attached hydrogens (tertiary/aromatic N) is 4. The van der Waals surface area contributed by atoms with Crippen molar-refractivity contribution >= 4 is 45.1 Å². The van der Waals surface area contributed by atoms with Crippen molar-refractivity contribution in [1.82, 2.24) is 24.9 Å². The number of amides is 2. The highest BCUT2D eigenvalue weighted by molar-refractivity contribution is 8.01. The van der Waals surface area contributed by atoms with E-state index in [1.807, 2.05) is 11.6 Å². The third-order valence-corrected chi connectivity index (χ3v) is 6.88. The van der Waals surface area contributed by atoms with Crippen LogP contribution in [0.5, 0.6) is 0 Å². The zero-order chi connectivity index (χ0) is 21.0. The van der Waals surface area contributed by atoms with Gasteiger partial charge in [-0.25, -0.2) is 27.9 Å². The van der Waals surface area contributed by atoms with Gasteiger partial charge in [0.25, 0.3) is 10.0 Å². The summed E-state index contributed by atoms with van der Waals surface area (Å²) < 4.78 is 28.4. The van der Waals surface area contributed by atoms with E-state index >= 15 is 0 Å². The van der Waals surface area contributed by atoms with Crippen LogP contribution in [0.25, 0.3) is 10.6 Å². The van der Waals surface area contributed by atoms with Crippen LogP contribution in [-0.4, -0.2) is 40.4 Å². The molecule has 29 heavy (non-hydrogen) atoms. The Bertz CT molecular complexity index is 1130. The number of hydrogen-bond donors (Lipinski definition) is 2. The number of nitrogens with one attached hydrogen (secondary N) is 2. The summed E-state index contributed by atoms with van der Waals surface area (Å²) in [6, 6.07) is 7.09. The minimum Gasteiger partial charge on any atom is -0.275 e. The number of sulfonamides is 1. The molecule has 2 aromatic heterocycles. The highest BCUT2D eigenvalue weighted by Crippen LogP contribution is 2.32. The molecule has 9 nitrogen and oxygen atoms in total. The average Bonchev–Trinajstić information content (AvgIpc) is 3.09. The lowest BCUT2D eigenvalue weighted by Gasteiger charge is -2.10. The zero-order valence-electron chi connectivity index (χ0n) is 15.8. The fraction of sp³-hybridized carbons (Fsp3) is 0.235. The van der Waals surface area contributed by atoms with Gasteiger partial charge in [-0.3, -0.25) is 5.32 Å². The monoisotopic (exact) mass is 450 g/mol. The minimum absolute atomic E-state index is 0.0221. The number of hydrogen-bond acceptors (Lipinski definition) is 9. The van der Waals surface area contributed by atoms with Gasteiger partial charge in [-0.2, -0.15) is 0 Å². The lowest BCUT2D eigenvalue weighted by molar-refractivity contribution is 0.256. The first-order valence-electron chi connectivity index (χ1n) is 8.50. The number of thioether (sulfide) groups is 1. The molecule has 0 atom stereocenters. The largest absolute Gasteiger partial charge is 0.335 e. The molecule has 152 valence electrons. The number of rotatable bonds is 6.